The van der Waals surface area contributed by atoms with E-state index in [0.717, 1.165) is 32.1 Å². The predicted molar refractivity (Wildman–Crippen MR) is 77.2 cm³/mol. The van der Waals surface area contributed by atoms with E-state index in [0.29, 0.717) is 12.4 Å². The number of aromatic nitrogens is 1. The van der Waals surface area contributed by atoms with Gasteiger partial charge in [0.1, 0.15) is 5.82 Å². The maximum Gasteiger partial charge on any atom is 0.303 e. The minimum absolute atomic E-state index is 0.0246. The molecule has 0 bridgehead atoms. The number of hydrogen-bond acceptors (Lipinski definition) is 5. The van der Waals surface area contributed by atoms with Crippen LogP contribution in [-0.2, 0) is 4.79 Å². The Morgan fingerprint density at radius 1 is 1.43 bits per heavy atom. The molecule has 21 heavy (non-hydrogen) atoms. The maximum absolute atomic E-state index is 11.1. The number of hydrogen-bond donors (Lipinski definition) is 2. The second kappa shape index (κ2) is 6.51. The molecule has 0 radical (unpaired) electrons. The van der Waals surface area contributed by atoms with Crippen LogP contribution in [0.1, 0.15) is 38.5 Å². The number of nitro groups is 1. The van der Waals surface area contributed by atoms with Crippen LogP contribution < -0.4 is 5.32 Å². The number of anilines is 1. The zero-order valence-electron chi connectivity index (χ0n) is 11.7. The summed E-state index contributed by atoms with van der Waals surface area (Å²) in [6, 6.07) is 2.70. The van der Waals surface area contributed by atoms with E-state index in [1.807, 2.05) is 0 Å². The molecule has 1 aliphatic carbocycles. The normalized spacial score (nSPS) is 17.1. The molecule has 1 heterocycles. The fourth-order valence-corrected chi connectivity index (χ4v) is 2.95. The smallest absolute Gasteiger partial charge is 0.303 e. The summed E-state index contributed by atoms with van der Waals surface area (Å²) in [7, 11) is 0. The average molecular weight is 293 g/mol. The second-order valence-corrected chi connectivity index (χ2v) is 5.64. The summed E-state index contributed by atoms with van der Waals surface area (Å²) in [6.07, 6.45) is 6.41. The lowest BCUT2D eigenvalue weighted by Crippen LogP contribution is -2.34. The van der Waals surface area contributed by atoms with Crippen molar-refractivity contribution < 1.29 is 14.8 Å². The number of nitrogens with zero attached hydrogens (tertiary/aromatic N) is 2. The Morgan fingerprint density at radius 3 is 2.76 bits per heavy atom. The molecule has 1 aromatic rings. The van der Waals surface area contributed by atoms with Crippen molar-refractivity contribution in [3.05, 3.63) is 28.4 Å². The molecule has 7 heteroatoms. The summed E-state index contributed by atoms with van der Waals surface area (Å²) < 4.78 is 0. The monoisotopic (exact) mass is 293 g/mol. The third-order valence-electron chi connectivity index (χ3n) is 4.04. The molecular weight excluding hydrogens is 274 g/mol. The van der Waals surface area contributed by atoms with Crippen molar-refractivity contribution in [2.24, 2.45) is 5.41 Å². The highest BCUT2D eigenvalue weighted by Gasteiger charge is 2.34. The Labute approximate surface area is 122 Å². The first-order valence-corrected chi connectivity index (χ1v) is 7.07. The molecular formula is C14H19N3O4. The Balaban J connectivity index is 2.06. The first-order valence-electron chi connectivity index (χ1n) is 7.07. The fourth-order valence-electron chi connectivity index (χ4n) is 2.95. The van der Waals surface area contributed by atoms with Crippen LogP contribution in [0.3, 0.4) is 0 Å². The van der Waals surface area contributed by atoms with Gasteiger partial charge in [-0.3, -0.25) is 14.9 Å². The predicted octanol–water partition coefficient (Wildman–Crippen LogP) is 2.83. The maximum atomic E-state index is 11.1. The van der Waals surface area contributed by atoms with Crippen molar-refractivity contribution in [2.75, 3.05) is 11.9 Å². The van der Waals surface area contributed by atoms with E-state index >= 15 is 0 Å². The number of nitrogens with one attached hydrogen (secondary N) is 1. The van der Waals surface area contributed by atoms with Crippen molar-refractivity contribution in [3.8, 4) is 0 Å². The van der Waals surface area contributed by atoms with Gasteiger partial charge in [-0.1, -0.05) is 19.3 Å². The van der Waals surface area contributed by atoms with Crippen LogP contribution in [0.4, 0.5) is 11.5 Å². The van der Waals surface area contributed by atoms with Gasteiger partial charge in [0.25, 0.3) is 5.69 Å². The van der Waals surface area contributed by atoms with Crippen molar-refractivity contribution in [1.82, 2.24) is 4.98 Å². The second-order valence-electron chi connectivity index (χ2n) is 5.64. The van der Waals surface area contributed by atoms with E-state index in [-0.39, 0.29) is 17.5 Å². The first-order chi connectivity index (χ1) is 10.0. The summed E-state index contributed by atoms with van der Waals surface area (Å²) in [4.78, 5) is 25.4. The van der Waals surface area contributed by atoms with Crippen LogP contribution in [0.15, 0.2) is 18.3 Å². The molecule has 0 aliphatic heterocycles. The molecule has 0 saturated heterocycles. The van der Waals surface area contributed by atoms with E-state index in [4.69, 9.17) is 5.11 Å². The van der Waals surface area contributed by atoms with Crippen LogP contribution >= 0.6 is 0 Å². The number of carbonyl (C=O) groups is 1. The van der Waals surface area contributed by atoms with E-state index in [9.17, 15) is 14.9 Å². The van der Waals surface area contributed by atoms with Crippen molar-refractivity contribution in [1.29, 1.82) is 0 Å². The fraction of sp³-hybridized carbons (Fsp3) is 0.571. The van der Waals surface area contributed by atoms with Gasteiger partial charge in [-0.2, -0.15) is 0 Å². The molecule has 1 aliphatic rings. The van der Waals surface area contributed by atoms with Gasteiger partial charge in [-0.15, -0.1) is 0 Å². The average Bonchev–Trinajstić information content (AvgIpc) is 2.46. The molecule has 0 amide bonds. The Hall–Kier alpha value is -2.18. The molecule has 1 saturated carbocycles. The zero-order valence-corrected chi connectivity index (χ0v) is 11.7. The van der Waals surface area contributed by atoms with Crippen LogP contribution in [-0.4, -0.2) is 27.5 Å². The molecule has 2 N–H and O–H groups in total. The molecule has 0 unspecified atom stereocenters. The molecule has 1 fully saturated rings. The van der Waals surface area contributed by atoms with E-state index in [1.54, 1.807) is 0 Å². The number of aliphatic carboxylic acids is 1. The van der Waals surface area contributed by atoms with Gasteiger partial charge in [0.05, 0.1) is 17.4 Å². The van der Waals surface area contributed by atoms with Gasteiger partial charge in [0.2, 0.25) is 0 Å². The molecule has 0 atom stereocenters. The Bertz CT molecular complexity index is 527. The van der Waals surface area contributed by atoms with Gasteiger partial charge in [-0.05, 0) is 18.3 Å². The van der Waals surface area contributed by atoms with Crippen molar-refractivity contribution >= 4 is 17.5 Å². The largest absolute Gasteiger partial charge is 0.481 e. The van der Waals surface area contributed by atoms with Crippen LogP contribution in [0.25, 0.3) is 0 Å². The number of carboxylic acids is 1. The molecule has 1 aromatic heterocycles. The lowest BCUT2D eigenvalue weighted by atomic mass is 9.71. The Morgan fingerprint density at radius 2 is 2.14 bits per heavy atom. The minimum atomic E-state index is -0.800. The summed E-state index contributed by atoms with van der Waals surface area (Å²) in [6.45, 7) is 0.480. The minimum Gasteiger partial charge on any atom is -0.481 e. The van der Waals surface area contributed by atoms with Crippen LogP contribution in [0.5, 0.6) is 0 Å². The molecule has 114 valence electrons. The quantitative estimate of drug-likeness (QED) is 0.617. The summed E-state index contributed by atoms with van der Waals surface area (Å²) in [5.74, 6) is -0.384. The molecule has 2 rings (SSSR count). The van der Waals surface area contributed by atoms with Gasteiger partial charge < -0.3 is 10.4 Å². The van der Waals surface area contributed by atoms with Crippen LogP contribution in [0, 0.1) is 15.5 Å². The highest BCUT2D eigenvalue weighted by atomic mass is 16.6. The Kier molecular flexibility index (Phi) is 4.72. The SMILES string of the molecule is O=C(O)CC1(CNc2cc([N+](=O)[O-])ccn2)CCCCC1. The van der Waals surface area contributed by atoms with Crippen LogP contribution in [0.2, 0.25) is 0 Å². The van der Waals surface area contributed by atoms with Gasteiger partial charge in [0.15, 0.2) is 0 Å². The highest BCUT2D eigenvalue weighted by molar-refractivity contribution is 5.68. The third-order valence-corrected chi connectivity index (χ3v) is 4.04. The number of pyridine rings is 1. The number of rotatable bonds is 6. The molecule has 0 aromatic carbocycles. The number of carboxylic acid groups (broad SMARTS) is 1. The zero-order chi connectivity index (χ0) is 15.3. The third kappa shape index (κ3) is 4.14. The lowest BCUT2D eigenvalue weighted by molar-refractivity contribution is -0.384. The summed E-state index contributed by atoms with van der Waals surface area (Å²) in [5, 5.41) is 22.9. The standard InChI is InChI=1S/C14H19N3O4/c18-13(19)9-14(5-2-1-3-6-14)10-16-12-8-11(17(20)21)4-7-15-12/h4,7-8H,1-3,5-6,9-10H2,(H,15,16)(H,18,19). The topological polar surface area (TPSA) is 105 Å². The van der Waals surface area contributed by atoms with E-state index in [2.05, 4.69) is 10.3 Å². The van der Waals surface area contributed by atoms with Crippen molar-refractivity contribution in [3.63, 3.8) is 0 Å². The summed E-state index contributed by atoms with van der Waals surface area (Å²) in [5.41, 5.74) is -0.306. The van der Waals surface area contributed by atoms with Gasteiger partial charge >= 0.3 is 5.97 Å². The highest BCUT2D eigenvalue weighted by Crippen LogP contribution is 2.39. The van der Waals surface area contributed by atoms with Gasteiger partial charge in [-0.25, -0.2) is 4.98 Å². The van der Waals surface area contributed by atoms with E-state index in [1.165, 1.54) is 18.3 Å². The first kappa shape index (κ1) is 15.2. The van der Waals surface area contributed by atoms with E-state index < -0.39 is 10.9 Å². The van der Waals surface area contributed by atoms with Gasteiger partial charge in [0, 0.05) is 18.8 Å². The molecule has 7 nitrogen and oxygen atoms in total. The lowest BCUT2D eigenvalue weighted by Gasteiger charge is -2.36. The van der Waals surface area contributed by atoms with Crippen molar-refractivity contribution in [2.45, 2.75) is 38.5 Å². The molecule has 0 spiro atoms. The summed E-state index contributed by atoms with van der Waals surface area (Å²) >= 11 is 0.